The van der Waals surface area contributed by atoms with Crippen molar-refractivity contribution in [1.82, 2.24) is 20.1 Å². The van der Waals surface area contributed by atoms with Crippen molar-refractivity contribution in [3.63, 3.8) is 0 Å². The smallest absolute Gasteiger partial charge is 0.220 e. The number of hydrogen-bond donors (Lipinski definition) is 1. The average Bonchev–Trinajstić information content (AvgIpc) is 3.10. The fourth-order valence-corrected chi connectivity index (χ4v) is 3.78. The minimum Gasteiger partial charge on any atom is -0.356 e. The Morgan fingerprint density at radius 1 is 1.45 bits per heavy atom. The van der Waals surface area contributed by atoms with Crippen molar-refractivity contribution in [3.8, 4) is 11.4 Å². The highest BCUT2D eigenvalue weighted by Gasteiger charge is 2.22. The molecule has 0 bridgehead atoms. The summed E-state index contributed by atoms with van der Waals surface area (Å²) in [7, 11) is 0. The van der Waals surface area contributed by atoms with Crippen LogP contribution in [0.15, 0.2) is 29.4 Å². The Labute approximate surface area is 138 Å². The van der Waals surface area contributed by atoms with Crippen LogP contribution in [0.5, 0.6) is 0 Å². The van der Waals surface area contributed by atoms with Crippen molar-refractivity contribution in [1.29, 1.82) is 0 Å². The van der Waals surface area contributed by atoms with Gasteiger partial charge >= 0.3 is 0 Å². The molecule has 1 aromatic carbocycles. The molecule has 1 saturated heterocycles. The molecule has 0 unspecified atom stereocenters. The van der Waals surface area contributed by atoms with Gasteiger partial charge in [-0.2, -0.15) is 0 Å². The Kier molecular flexibility index (Phi) is 4.69. The number of hydrogen-bond acceptors (Lipinski definition) is 4. The molecule has 0 saturated carbocycles. The van der Waals surface area contributed by atoms with Gasteiger partial charge in [0.1, 0.15) is 0 Å². The van der Waals surface area contributed by atoms with E-state index in [0.717, 1.165) is 35.4 Å². The number of aromatic nitrogens is 3. The van der Waals surface area contributed by atoms with E-state index in [-0.39, 0.29) is 5.91 Å². The first-order valence-electron chi connectivity index (χ1n) is 7.26. The molecule has 1 atom stereocenters. The lowest BCUT2D eigenvalue weighted by Gasteiger charge is -2.09. The summed E-state index contributed by atoms with van der Waals surface area (Å²) >= 11 is 7.71. The molecule has 7 heteroatoms. The van der Waals surface area contributed by atoms with Crippen LogP contribution in [-0.2, 0) is 11.3 Å². The van der Waals surface area contributed by atoms with E-state index < -0.39 is 0 Å². The molecule has 0 aliphatic carbocycles. The lowest BCUT2D eigenvalue weighted by Crippen LogP contribution is -2.14. The van der Waals surface area contributed by atoms with Crippen molar-refractivity contribution in [2.75, 3.05) is 12.3 Å². The highest BCUT2D eigenvalue weighted by atomic mass is 35.5. The molecule has 1 N–H and O–H groups in total. The van der Waals surface area contributed by atoms with E-state index in [9.17, 15) is 4.79 Å². The minimum absolute atomic E-state index is 0.141. The first kappa shape index (κ1) is 15.4. The fraction of sp³-hybridized carbons (Fsp3) is 0.400. The zero-order chi connectivity index (χ0) is 15.5. The van der Waals surface area contributed by atoms with Gasteiger partial charge in [0.25, 0.3) is 0 Å². The second-order valence-corrected chi connectivity index (χ2v) is 6.67. The number of rotatable bonds is 5. The Morgan fingerprint density at radius 3 is 3.00 bits per heavy atom. The van der Waals surface area contributed by atoms with Crippen LogP contribution in [0.1, 0.15) is 13.3 Å². The number of benzene rings is 1. The molecule has 1 amide bonds. The van der Waals surface area contributed by atoms with Gasteiger partial charge in [0.2, 0.25) is 5.91 Å². The number of halogens is 1. The summed E-state index contributed by atoms with van der Waals surface area (Å²) in [6.45, 7) is 3.62. The second kappa shape index (κ2) is 6.71. The van der Waals surface area contributed by atoms with Crippen LogP contribution in [0.4, 0.5) is 0 Å². The topological polar surface area (TPSA) is 59.8 Å². The summed E-state index contributed by atoms with van der Waals surface area (Å²) in [5.74, 6) is 2.20. The van der Waals surface area contributed by atoms with Crippen molar-refractivity contribution >= 4 is 29.3 Å². The summed E-state index contributed by atoms with van der Waals surface area (Å²) in [6, 6.07) is 7.63. The third-order valence-electron chi connectivity index (χ3n) is 3.63. The molecule has 2 aromatic rings. The summed E-state index contributed by atoms with van der Waals surface area (Å²) in [6.07, 6.45) is 0.606. The zero-order valence-corrected chi connectivity index (χ0v) is 13.8. The van der Waals surface area contributed by atoms with Crippen LogP contribution in [0, 0.1) is 5.92 Å². The summed E-state index contributed by atoms with van der Waals surface area (Å²) < 4.78 is 2.08. The monoisotopic (exact) mass is 336 g/mol. The van der Waals surface area contributed by atoms with Crippen LogP contribution < -0.4 is 5.32 Å². The maximum Gasteiger partial charge on any atom is 0.220 e. The maximum atomic E-state index is 11.2. The Morgan fingerprint density at radius 2 is 2.32 bits per heavy atom. The highest BCUT2D eigenvalue weighted by molar-refractivity contribution is 7.99. The number of nitrogens with one attached hydrogen (secondary N) is 1. The average molecular weight is 337 g/mol. The first-order valence-corrected chi connectivity index (χ1v) is 8.62. The number of amides is 1. The Hall–Kier alpha value is -1.53. The number of nitrogens with zero attached hydrogens (tertiary/aromatic N) is 3. The van der Waals surface area contributed by atoms with Crippen LogP contribution in [0.25, 0.3) is 11.4 Å². The van der Waals surface area contributed by atoms with Gasteiger partial charge in [0.05, 0.1) is 0 Å². The van der Waals surface area contributed by atoms with Gasteiger partial charge in [-0.25, -0.2) is 0 Å². The molecule has 22 heavy (non-hydrogen) atoms. The van der Waals surface area contributed by atoms with Gasteiger partial charge in [-0.3, -0.25) is 4.79 Å². The van der Waals surface area contributed by atoms with E-state index in [4.69, 9.17) is 11.6 Å². The standard InChI is InChI=1S/C15H17ClN4OS/c1-2-20-14(11-4-3-5-12(16)7-11)18-19-15(20)22-9-10-6-13(21)17-8-10/h3-5,7,10H,2,6,8-9H2,1H3,(H,17,21)/t10-/m0/s1. The molecular weight excluding hydrogens is 320 g/mol. The molecule has 2 heterocycles. The molecule has 5 nitrogen and oxygen atoms in total. The van der Waals surface area contributed by atoms with Gasteiger partial charge in [-0.05, 0) is 25.0 Å². The molecule has 0 radical (unpaired) electrons. The lowest BCUT2D eigenvalue weighted by molar-refractivity contribution is -0.119. The minimum atomic E-state index is 0.141. The molecule has 1 aliphatic rings. The Balaban J connectivity index is 1.77. The molecular formula is C15H17ClN4OS. The van der Waals surface area contributed by atoms with E-state index >= 15 is 0 Å². The van der Waals surface area contributed by atoms with Crippen molar-refractivity contribution in [2.24, 2.45) is 5.92 Å². The lowest BCUT2D eigenvalue weighted by atomic mass is 10.1. The molecule has 1 aliphatic heterocycles. The number of thioether (sulfide) groups is 1. The molecule has 1 aromatic heterocycles. The predicted molar refractivity (Wildman–Crippen MR) is 88.0 cm³/mol. The van der Waals surface area contributed by atoms with Gasteiger partial charge < -0.3 is 9.88 Å². The van der Waals surface area contributed by atoms with Crippen molar-refractivity contribution in [3.05, 3.63) is 29.3 Å². The first-order chi connectivity index (χ1) is 10.7. The maximum absolute atomic E-state index is 11.2. The van der Waals surface area contributed by atoms with Crippen molar-refractivity contribution in [2.45, 2.75) is 25.0 Å². The van der Waals surface area contributed by atoms with Crippen molar-refractivity contribution < 1.29 is 4.79 Å². The third-order valence-corrected chi connectivity index (χ3v) is 5.06. The number of carbonyl (C=O) groups is 1. The highest BCUT2D eigenvalue weighted by Crippen LogP contribution is 2.27. The van der Waals surface area contributed by atoms with E-state index in [0.29, 0.717) is 17.4 Å². The summed E-state index contributed by atoms with van der Waals surface area (Å²) in [4.78, 5) is 11.2. The summed E-state index contributed by atoms with van der Waals surface area (Å²) in [5, 5.41) is 13.0. The molecule has 0 spiro atoms. The summed E-state index contributed by atoms with van der Waals surface area (Å²) in [5.41, 5.74) is 0.964. The van der Waals surface area contributed by atoms with Crippen LogP contribution in [-0.4, -0.2) is 33.0 Å². The molecule has 116 valence electrons. The third kappa shape index (κ3) is 3.28. The van der Waals surface area contributed by atoms with E-state index in [1.807, 2.05) is 24.3 Å². The van der Waals surface area contributed by atoms with Gasteiger partial charge in [0.15, 0.2) is 11.0 Å². The van der Waals surface area contributed by atoms with E-state index in [2.05, 4.69) is 27.0 Å². The van der Waals surface area contributed by atoms with Gasteiger partial charge in [0, 0.05) is 35.8 Å². The molecule has 3 rings (SSSR count). The van der Waals surface area contributed by atoms with E-state index in [1.165, 1.54) is 0 Å². The van der Waals surface area contributed by atoms with Gasteiger partial charge in [-0.15, -0.1) is 10.2 Å². The van der Waals surface area contributed by atoms with E-state index in [1.54, 1.807) is 11.8 Å². The Bertz CT molecular complexity index is 688. The van der Waals surface area contributed by atoms with Crippen LogP contribution >= 0.6 is 23.4 Å². The number of carbonyl (C=O) groups excluding carboxylic acids is 1. The van der Waals surface area contributed by atoms with Gasteiger partial charge in [-0.1, -0.05) is 35.5 Å². The second-order valence-electron chi connectivity index (χ2n) is 5.25. The van der Waals surface area contributed by atoms with Crippen LogP contribution in [0.3, 0.4) is 0 Å². The quantitative estimate of drug-likeness (QED) is 0.853. The fourth-order valence-electron chi connectivity index (χ4n) is 2.50. The molecule has 1 fully saturated rings. The van der Waals surface area contributed by atoms with Crippen LogP contribution in [0.2, 0.25) is 5.02 Å². The normalized spacial score (nSPS) is 17.7. The SMILES string of the molecule is CCn1c(SC[C@@H]2CNC(=O)C2)nnc1-c1cccc(Cl)c1. The predicted octanol–water partition coefficient (Wildman–Crippen LogP) is 2.85. The zero-order valence-electron chi connectivity index (χ0n) is 12.3. The largest absolute Gasteiger partial charge is 0.356 e.